The molecule has 0 spiro atoms. The molecule has 0 aliphatic carbocycles. The zero-order valence-corrected chi connectivity index (χ0v) is 8.82. The molecule has 2 aromatic rings. The Labute approximate surface area is 86.1 Å². The molecule has 1 aromatic carbocycles. The molecule has 0 saturated carbocycles. The summed E-state index contributed by atoms with van der Waals surface area (Å²) >= 11 is 11.9. The zero-order valence-electron chi connectivity index (χ0n) is 7.31. The first-order valence-electron chi connectivity index (χ1n) is 3.88. The molecule has 1 heterocycles. The van der Waals surface area contributed by atoms with Crippen LogP contribution < -0.4 is 0 Å². The fourth-order valence-corrected chi connectivity index (χ4v) is 2.12. The van der Waals surface area contributed by atoms with Gasteiger partial charge in [0.15, 0.2) is 0 Å². The molecule has 0 aliphatic rings. The van der Waals surface area contributed by atoms with E-state index in [0.29, 0.717) is 10.0 Å². The van der Waals surface area contributed by atoms with Gasteiger partial charge in [-0.2, -0.15) is 5.10 Å². The molecular weight excluding hydrogens is 207 g/mol. The summed E-state index contributed by atoms with van der Waals surface area (Å²) in [5.74, 6) is 0. The summed E-state index contributed by atoms with van der Waals surface area (Å²) < 4.78 is 1.77. The Kier molecular flexibility index (Phi) is 1.97. The van der Waals surface area contributed by atoms with E-state index in [1.807, 2.05) is 20.0 Å². The SMILES string of the molecule is Cc1nn(C)c2c(Cl)cc(Cl)cc12. The molecule has 0 bridgehead atoms. The van der Waals surface area contributed by atoms with Gasteiger partial charge in [0.1, 0.15) is 0 Å². The minimum absolute atomic E-state index is 0.644. The Morgan fingerprint density at radius 1 is 1.31 bits per heavy atom. The Morgan fingerprint density at radius 2 is 2.00 bits per heavy atom. The van der Waals surface area contributed by atoms with Crippen LogP contribution in [0, 0.1) is 6.92 Å². The topological polar surface area (TPSA) is 17.8 Å². The summed E-state index contributed by atoms with van der Waals surface area (Å²) in [6.45, 7) is 1.94. The Morgan fingerprint density at radius 3 is 2.69 bits per heavy atom. The third kappa shape index (κ3) is 1.30. The van der Waals surface area contributed by atoms with Crippen molar-refractivity contribution in [3.63, 3.8) is 0 Å². The van der Waals surface area contributed by atoms with Crippen molar-refractivity contribution in [2.75, 3.05) is 0 Å². The third-order valence-corrected chi connectivity index (χ3v) is 2.55. The van der Waals surface area contributed by atoms with Crippen LogP contribution in [0.15, 0.2) is 12.1 Å². The van der Waals surface area contributed by atoms with Crippen LogP contribution in [0.4, 0.5) is 0 Å². The zero-order chi connectivity index (χ0) is 9.59. The number of nitrogens with zero attached hydrogens (tertiary/aromatic N) is 2. The van der Waals surface area contributed by atoms with Gasteiger partial charge >= 0.3 is 0 Å². The van der Waals surface area contributed by atoms with E-state index < -0.39 is 0 Å². The lowest BCUT2D eigenvalue weighted by Gasteiger charge is -1.97. The lowest BCUT2D eigenvalue weighted by molar-refractivity contribution is 0.783. The highest BCUT2D eigenvalue weighted by Crippen LogP contribution is 2.29. The van der Waals surface area contributed by atoms with E-state index >= 15 is 0 Å². The second kappa shape index (κ2) is 2.89. The van der Waals surface area contributed by atoms with Crippen LogP contribution in [0.2, 0.25) is 10.0 Å². The smallest absolute Gasteiger partial charge is 0.0869 e. The summed E-state index contributed by atoms with van der Waals surface area (Å²) in [4.78, 5) is 0. The second-order valence-electron chi connectivity index (χ2n) is 2.99. The van der Waals surface area contributed by atoms with Gasteiger partial charge in [0.05, 0.1) is 16.2 Å². The second-order valence-corrected chi connectivity index (χ2v) is 3.84. The van der Waals surface area contributed by atoms with Crippen LogP contribution in [-0.2, 0) is 7.05 Å². The molecule has 2 rings (SSSR count). The van der Waals surface area contributed by atoms with Crippen molar-refractivity contribution in [1.82, 2.24) is 9.78 Å². The molecule has 0 radical (unpaired) electrons. The molecule has 1 aromatic heterocycles. The van der Waals surface area contributed by atoms with Crippen molar-refractivity contribution in [2.24, 2.45) is 7.05 Å². The molecule has 4 heteroatoms. The van der Waals surface area contributed by atoms with Gasteiger partial charge in [-0.3, -0.25) is 4.68 Å². The van der Waals surface area contributed by atoms with Crippen LogP contribution in [-0.4, -0.2) is 9.78 Å². The molecule has 0 N–H and O–H groups in total. The quantitative estimate of drug-likeness (QED) is 0.659. The molecule has 0 unspecified atom stereocenters. The number of halogens is 2. The van der Waals surface area contributed by atoms with Gasteiger partial charge in [-0.05, 0) is 19.1 Å². The predicted octanol–water partition coefficient (Wildman–Crippen LogP) is 3.19. The van der Waals surface area contributed by atoms with Crippen LogP contribution in [0.1, 0.15) is 5.69 Å². The molecule has 0 fully saturated rings. The first-order valence-corrected chi connectivity index (χ1v) is 4.63. The lowest BCUT2D eigenvalue weighted by atomic mass is 10.2. The van der Waals surface area contributed by atoms with E-state index in [0.717, 1.165) is 16.6 Å². The minimum atomic E-state index is 0.644. The van der Waals surface area contributed by atoms with Gasteiger partial charge in [0, 0.05) is 17.5 Å². The van der Waals surface area contributed by atoms with Crippen molar-refractivity contribution in [3.05, 3.63) is 27.9 Å². The molecular formula is C9H8Cl2N2. The number of hydrogen-bond acceptors (Lipinski definition) is 1. The first-order chi connectivity index (χ1) is 6.09. The average Bonchev–Trinajstić information content (AvgIpc) is 2.27. The van der Waals surface area contributed by atoms with Crippen LogP contribution in [0.5, 0.6) is 0 Å². The molecule has 2 nitrogen and oxygen atoms in total. The van der Waals surface area contributed by atoms with Gasteiger partial charge in [0.25, 0.3) is 0 Å². The minimum Gasteiger partial charge on any atom is -0.266 e. The summed E-state index contributed by atoms with van der Waals surface area (Å²) in [6, 6.07) is 3.61. The average molecular weight is 215 g/mol. The van der Waals surface area contributed by atoms with Crippen molar-refractivity contribution in [2.45, 2.75) is 6.92 Å². The van der Waals surface area contributed by atoms with E-state index in [2.05, 4.69) is 5.10 Å². The summed E-state index contributed by atoms with van der Waals surface area (Å²) in [5.41, 5.74) is 1.88. The van der Waals surface area contributed by atoms with Crippen molar-refractivity contribution >= 4 is 34.1 Å². The van der Waals surface area contributed by atoms with Gasteiger partial charge in [-0.15, -0.1) is 0 Å². The van der Waals surface area contributed by atoms with Gasteiger partial charge in [0.2, 0.25) is 0 Å². The summed E-state index contributed by atoms with van der Waals surface area (Å²) in [6.07, 6.45) is 0. The summed E-state index contributed by atoms with van der Waals surface area (Å²) in [5, 5.41) is 6.57. The highest BCUT2D eigenvalue weighted by atomic mass is 35.5. The molecule has 0 aliphatic heterocycles. The van der Waals surface area contributed by atoms with Crippen molar-refractivity contribution in [3.8, 4) is 0 Å². The Balaban J connectivity index is 2.97. The first kappa shape index (κ1) is 8.85. The number of rotatable bonds is 0. The lowest BCUT2D eigenvalue weighted by Crippen LogP contribution is -1.89. The maximum absolute atomic E-state index is 6.04. The molecule has 0 atom stereocenters. The predicted molar refractivity (Wildman–Crippen MR) is 55.5 cm³/mol. The van der Waals surface area contributed by atoms with Crippen LogP contribution in [0.3, 0.4) is 0 Å². The van der Waals surface area contributed by atoms with Crippen LogP contribution in [0.25, 0.3) is 10.9 Å². The van der Waals surface area contributed by atoms with E-state index in [9.17, 15) is 0 Å². The maximum atomic E-state index is 6.04. The monoisotopic (exact) mass is 214 g/mol. The standard InChI is InChI=1S/C9H8Cl2N2/c1-5-7-3-6(10)4-8(11)9(7)13(2)12-5/h3-4H,1-2H3. The number of benzene rings is 1. The van der Waals surface area contributed by atoms with Gasteiger partial charge in [-0.1, -0.05) is 23.2 Å². The largest absolute Gasteiger partial charge is 0.266 e. The normalized spacial score (nSPS) is 11.1. The molecule has 0 saturated heterocycles. The van der Waals surface area contributed by atoms with E-state index in [4.69, 9.17) is 23.2 Å². The summed E-state index contributed by atoms with van der Waals surface area (Å²) in [7, 11) is 1.87. The molecule has 13 heavy (non-hydrogen) atoms. The number of aromatic nitrogens is 2. The van der Waals surface area contributed by atoms with Gasteiger partial charge in [-0.25, -0.2) is 0 Å². The van der Waals surface area contributed by atoms with Crippen LogP contribution >= 0.6 is 23.2 Å². The fraction of sp³-hybridized carbons (Fsp3) is 0.222. The maximum Gasteiger partial charge on any atom is 0.0869 e. The Hall–Kier alpha value is -0.730. The van der Waals surface area contributed by atoms with E-state index in [1.165, 1.54) is 0 Å². The molecule has 0 amide bonds. The highest BCUT2D eigenvalue weighted by molar-refractivity contribution is 6.38. The number of hydrogen-bond donors (Lipinski definition) is 0. The number of aryl methyl sites for hydroxylation is 2. The van der Waals surface area contributed by atoms with E-state index in [-0.39, 0.29) is 0 Å². The van der Waals surface area contributed by atoms with Gasteiger partial charge < -0.3 is 0 Å². The molecule has 68 valence electrons. The third-order valence-electron chi connectivity index (χ3n) is 2.04. The van der Waals surface area contributed by atoms with E-state index in [1.54, 1.807) is 10.7 Å². The van der Waals surface area contributed by atoms with Crippen molar-refractivity contribution < 1.29 is 0 Å². The van der Waals surface area contributed by atoms with Crippen molar-refractivity contribution in [1.29, 1.82) is 0 Å². The fourth-order valence-electron chi connectivity index (χ4n) is 1.50. The Bertz CT molecular complexity index is 474. The highest BCUT2D eigenvalue weighted by Gasteiger charge is 2.09. The number of fused-ring (bicyclic) bond motifs is 1.